The number of thioether (sulfide) groups is 1. The molecule has 1 aromatic carbocycles. The van der Waals surface area contributed by atoms with Crippen LogP contribution in [-0.4, -0.2) is 34.7 Å². The van der Waals surface area contributed by atoms with E-state index in [9.17, 15) is 9.59 Å². The first-order valence-corrected chi connectivity index (χ1v) is 8.15. The van der Waals surface area contributed by atoms with Crippen molar-refractivity contribution < 1.29 is 14.7 Å². The molecule has 1 atom stereocenters. The Balaban J connectivity index is 1.73. The molecule has 114 valence electrons. The standard InChI is InChI=1S/C15H20N2O3S/c18-14(19)12-5-3-4-11(8-12)9-16-15(20)17-10-13-6-1-2-7-21-13/h3-5,8,13H,1-2,6-7,9-10H2,(H,18,19)(H2,16,17,20). The van der Waals surface area contributed by atoms with E-state index in [0.29, 0.717) is 18.3 Å². The van der Waals surface area contributed by atoms with Crippen molar-refractivity contribution >= 4 is 23.8 Å². The van der Waals surface area contributed by atoms with E-state index in [1.54, 1.807) is 18.2 Å². The van der Waals surface area contributed by atoms with E-state index in [4.69, 9.17) is 5.11 Å². The minimum Gasteiger partial charge on any atom is -0.478 e. The highest BCUT2D eigenvalue weighted by Gasteiger charge is 2.14. The second-order valence-electron chi connectivity index (χ2n) is 5.06. The van der Waals surface area contributed by atoms with Gasteiger partial charge in [0.25, 0.3) is 0 Å². The fourth-order valence-electron chi connectivity index (χ4n) is 2.23. The minimum absolute atomic E-state index is 0.207. The van der Waals surface area contributed by atoms with Crippen LogP contribution in [0.1, 0.15) is 35.2 Å². The molecule has 1 heterocycles. The maximum Gasteiger partial charge on any atom is 0.335 e. The molecule has 2 rings (SSSR count). The first-order chi connectivity index (χ1) is 10.1. The summed E-state index contributed by atoms with van der Waals surface area (Å²) in [5, 5.41) is 15.1. The number of carboxylic acid groups (broad SMARTS) is 1. The number of urea groups is 1. The number of hydrogen-bond donors (Lipinski definition) is 3. The van der Waals surface area contributed by atoms with Crippen LogP contribution >= 0.6 is 11.8 Å². The molecule has 1 aliphatic rings. The summed E-state index contributed by atoms with van der Waals surface area (Å²) < 4.78 is 0. The fraction of sp³-hybridized carbons (Fsp3) is 0.467. The molecule has 21 heavy (non-hydrogen) atoms. The number of carboxylic acids is 1. The van der Waals surface area contributed by atoms with E-state index in [-0.39, 0.29) is 11.6 Å². The summed E-state index contributed by atoms with van der Waals surface area (Å²) in [6.45, 7) is 1.01. The van der Waals surface area contributed by atoms with Crippen molar-refractivity contribution in [3.8, 4) is 0 Å². The highest BCUT2D eigenvalue weighted by Crippen LogP contribution is 2.24. The zero-order valence-electron chi connectivity index (χ0n) is 11.8. The van der Waals surface area contributed by atoms with Crippen LogP contribution in [0.25, 0.3) is 0 Å². The van der Waals surface area contributed by atoms with Crippen molar-refractivity contribution in [3.63, 3.8) is 0 Å². The minimum atomic E-state index is -0.962. The Hall–Kier alpha value is -1.69. The SMILES string of the molecule is O=C(NCc1cccc(C(=O)O)c1)NCC1CCCCS1. The predicted molar refractivity (Wildman–Crippen MR) is 83.7 cm³/mol. The van der Waals surface area contributed by atoms with E-state index >= 15 is 0 Å². The van der Waals surface area contributed by atoms with Crippen molar-refractivity contribution in [3.05, 3.63) is 35.4 Å². The number of hydrogen-bond acceptors (Lipinski definition) is 3. The molecule has 1 aromatic rings. The number of aromatic carboxylic acids is 1. The van der Waals surface area contributed by atoms with Gasteiger partial charge in [-0.15, -0.1) is 0 Å². The van der Waals surface area contributed by atoms with Crippen LogP contribution in [-0.2, 0) is 6.54 Å². The fourth-order valence-corrected chi connectivity index (χ4v) is 3.47. The van der Waals surface area contributed by atoms with Crippen LogP contribution < -0.4 is 10.6 Å². The molecule has 0 bridgehead atoms. The lowest BCUT2D eigenvalue weighted by Gasteiger charge is -2.21. The zero-order chi connectivity index (χ0) is 15.1. The number of carbonyl (C=O) groups is 2. The van der Waals surface area contributed by atoms with Gasteiger partial charge in [-0.25, -0.2) is 9.59 Å². The van der Waals surface area contributed by atoms with E-state index in [1.807, 2.05) is 11.8 Å². The summed E-state index contributed by atoms with van der Waals surface area (Å²) in [6, 6.07) is 6.37. The third kappa shape index (κ3) is 5.30. The molecule has 1 unspecified atom stereocenters. The predicted octanol–water partition coefficient (Wildman–Crippen LogP) is 2.47. The van der Waals surface area contributed by atoms with Gasteiger partial charge in [0.05, 0.1) is 5.56 Å². The van der Waals surface area contributed by atoms with Crippen LogP contribution in [0, 0.1) is 0 Å². The summed E-state index contributed by atoms with van der Waals surface area (Å²) in [7, 11) is 0. The smallest absolute Gasteiger partial charge is 0.335 e. The van der Waals surface area contributed by atoms with Gasteiger partial charge in [0.1, 0.15) is 0 Å². The Kier molecular flexibility index (Phi) is 5.92. The maximum atomic E-state index is 11.7. The first-order valence-electron chi connectivity index (χ1n) is 7.10. The second kappa shape index (κ2) is 7.93. The number of benzene rings is 1. The average molecular weight is 308 g/mol. The van der Waals surface area contributed by atoms with Crippen LogP contribution in [0.2, 0.25) is 0 Å². The molecular weight excluding hydrogens is 288 g/mol. The molecule has 0 radical (unpaired) electrons. The van der Waals surface area contributed by atoms with E-state index in [0.717, 1.165) is 12.0 Å². The molecule has 0 spiro atoms. The van der Waals surface area contributed by atoms with Gasteiger partial charge >= 0.3 is 12.0 Å². The first kappa shape index (κ1) is 15.7. The lowest BCUT2D eigenvalue weighted by atomic mass is 10.1. The monoisotopic (exact) mass is 308 g/mol. The number of nitrogens with one attached hydrogen (secondary N) is 2. The van der Waals surface area contributed by atoms with Crippen molar-refractivity contribution in [2.75, 3.05) is 12.3 Å². The van der Waals surface area contributed by atoms with Crippen molar-refractivity contribution in [2.24, 2.45) is 0 Å². The Bertz CT molecular complexity index is 501. The topological polar surface area (TPSA) is 78.4 Å². The van der Waals surface area contributed by atoms with Gasteiger partial charge < -0.3 is 15.7 Å². The summed E-state index contributed by atoms with van der Waals surface area (Å²) in [6.07, 6.45) is 3.67. The van der Waals surface area contributed by atoms with Crippen molar-refractivity contribution in [1.82, 2.24) is 10.6 Å². The average Bonchev–Trinajstić information content (AvgIpc) is 2.52. The number of amides is 2. The van der Waals surface area contributed by atoms with Crippen LogP contribution in [0.3, 0.4) is 0 Å². The Labute approximate surface area is 128 Å². The molecule has 5 nitrogen and oxygen atoms in total. The summed E-state index contributed by atoms with van der Waals surface area (Å²) in [5.41, 5.74) is 1.01. The van der Waals surface area contributed by atoms with E-state index < -0.39 is 5.97 Å². The van der Waals surface area contributed by atoms with Gasteiger partial charge in [0.15, 0.2) is 0 Å². The quantitative estimate of drug-likeness (QED) is 0.781. The number of rotatable bonds is 5. The molecular formula is C15H20N2O3S. The zero-order valence-corrected chi connectivity index (χ0v) is 12.6. The molecule has 3 N–H and O–H groups in total. The molecule has 0 aromatic heterocycles. The third-order valence-electron chi connectivity index (χ3n) is 3.39. The van der Waals surface area contributed by atoms with Crippen LogP contribution in [0.15, 0.2) is 24.3 Å². The van der Waals surface area contributed by atoms with Gasteiger partial charge in [0.2, 0.25) is 0 Å². The Morgan fingerprint density at radius 2 is 2.14 bits per heavy atom. The Morgan fingerprint density at radius 3 is 2.86 bits per heavy atom. The molecule has 1 fully saturated rings. The highest BCUT2D eigenvalue weighted by molar-refractivity contribution is 7.99. The van der Waals surface area contributed by atoms with Gasteiger partial charge in [-0.3, -0.25) is 0 Å². The van der Waals surface area contributed by atoms with E-state index in [2.05, 4.69) is 10.6 Å². The summed E-state index contributed by atoms with van der Waals surface area (Å²) >= 11 is 1.92. The summed E-state index contributed by atoms with van der Waals surface area (Å²) in [5.74, 6) is 0.214. The third-order valence-corrected chi connectivity index (χ3v) is 4.79. The maximum absolute atomic E-state index is 11.7. The molecule has 1 saturated heterocycles. The van der Waals surface area contributed by atoms with Crippen molar-refractivity contribution in [1.29, 1.82) is 0 Å². The second-order valence-corrected chi connectivity index (χ2v) is 6.47. The van der Waals surface area contributed by atoms with Gasteiger partial charge in [0, 0.05) is 18.3 Å². The normalized spacial score (nSPS) is 18.0. The highest BCUT2D eigenvalue weighted by atomic mass is 32.2. The lowest BCUT2D eigenvalue weighted by Crippen LogP contribution is -2.39. The van der Waals surface area contributed by atoms with Crippen LogP contribution in [0.4, 0.5) is 4.79 Å². The van der Waals surface area contributed by atoms with Gasteiger partial charge in [-0.2, -0.15) is 11.8 Å². The number of carbonyl (C=O) groups excluding carboxylic acids is 1. The van der Waals surface area contributed by atoms with E-state index in [1.165, 1.54) is 24.7 Å². The molecule has 6 heteroatoms. The Morgan fingerprint density at radius 1 is 1.29 bits per heavy atom. The van der Waals surface area contributed by atoms with Gasteiger partial charge in [-0.05, 0) is 36.3 Å². The summed E-state index contributed by atoms with van der Waals surface area (Å²) in [4.78, 5) is 22.6. The molecule has 2 amide bonds. The lowest BCUT2D eigenvalue weighted by molar-refractivity contribution is 0.0696. The molecule has 0 aliphatic carbocycles. The molecule has 1 aliphatic heterocycles. The van der Waals surface area contributed by atoms with Crippen molar-refractivity contribution in [2.45, 2.75) is 31.1 Å². The van der Waals surface area contributed by atoms with Gasteiger partial charge in [-0.1, -0.05) is 18.6 Å². The molecule has 0 saturated carbocycles. The largest absolute Gasteiger partial charge is 0.478 e. The van der Waals surface area contributed by atoms with Crippen LogP contribution in [0.5, 0.6) is 0 Å².